The molecule has 0 spiro atoms. The van der Waals surface area contributed by atoms with Crippen LogP contribution in [0.5, 0.6) is 5.75 Å². The summed E-state index contributed by atoms with van der Waals surface area (Å²) in [4.78, 5) is 15.4. The molecule has 5 nitrogen and oxygen atoms in total. The van der Waals surface area contributed by atoms with Gasteiger partial charge in [0.2, 0.25) is 5.43 Å². The molecule has 1 N–H and O–H groups in total. The first-order valence-electron chi connectivity index (χ1n) is 12.8. The quantitative estimate of drug-likeness (QED) is 0.348. The minimum absolute atomic E-state index is 0.0726. The predicted octanol–water partition coefficient (Wildman–Crippen LogP) is 6.38. The van der Waals surface area contributed by atoms with E-state index in [0.717, 1.165) is 37.2 Å². The summed E-state index contributed by atoms with van der Waals surface area (Å²) in [6.07, 6.45) is 11.9. The topological polar surface area (TPSA) is 62.9 Å². The van der Waals surface area contributed by atoms with Crippen LogP contribution in [0, 0.1) is 0 Å². The maximum atomic E-state index is 13.2. The Labute approximate surface area is 216 Å². The molecule has 36 heavy (non-hydrogen) atoms. The van der Waals surface area contributed by atoms with Crippen molar-refractivity contribution in [2.75, 3.05) is 19.7 Å². The van der Waals surface area contributed by atoms with Gasteiger partial charge in [0.25, 0.3) is 0 Å². The number of hydrogen-bond acceptors (Lipinski definition) is 5. The van der Waals surface area contributed by atoms with Gasteiger partial charge in [-0.2, -0.15) is 0 Å². The minimum atomic E-state index is -0.275. The molecule has 1 aromatic carbocycles. The zero-order valence-electron chi connectivity index (χ0n) is 22.9. The van der Waals surface area contributed by atoms with Gasteiger partial charge < -0.3 is 19.2 Å². The van der Waals surface area contributed by atoms with Crippen molar-refractivity contribution in [1.29, 1.82) is 0 Å². The van der Waals surface area contributed by atoms with Crippen LogP contribution in [0.3, 0.4) is 0 Å². The molecule has 2 aromatic rings. The Morgan fingerprint density at radius 1 is 1.19 bits per heavy atom. The Hall–Kier alpha value is -3.47. The molecule has 0 radical (unpaired) electrons. The summed E-state index contributed by atoms with van der Waals surface area (Å²) < 4.78 is 12.0. The maximum Gasteiger partial charge on any atom is 0.203 e. The summed E-state index contributed by atoms with van der Waals surface area (Å²) in [7, 11) is 0. The molecule has 1 heterocycles. The van der Waals surface area contributed by atoms with Crippen molar-refractivity contribution in [3.8, 4) is 5.75 Å². The van der Waals surface area contributed by atoms with Crippen LogP contribution in [0.1, 0.15) is 60.8 Å². The molecule has 1 aromatic heterocycles. The van der Waals surface area contributed by atoms with Gasteiger partial charge in [0.05, 0.1) is 5.39 Å². The second-order valence-corrected chi connectivity index (χ2v) is 8.14. The van der Waals surface area contributed by atoms with E-state index in [-0.39, 0.29) is 16.4 Å². The number of ether oxygens (including phenoxy) is 1. The first-order chi connectivity index (χ1) is 17.4. The summed E-state index contributed by atoms with van der Waals surface area (Å²) in [6, 6.07) is 5.10. The van der Waals surface area contributed by atoms with Crippen molar-refractivity contribution < 1.29 is 14.3 Å². The van der Waals surface area contributed by atoms with Gasteiger partial charge in [-0.15, -0.1) is 0 Å². The van der Waals surface area contributed by atoms with Crippen molar-refractivity contribution in [2.24, 2.45) is 0 Å². The summed E-state index contributed by atoms with van der Waals surface area (Å²) in [6.45, 7) is 21.9. The fourth-order valence-corrected chi connectivity index (χ4v) is 3.64. The highest BCUT2D eigenvalue weighted by Crippen LogP contribution is 2.18. The van der Waals surface area contributed by atoms with E-state index in [4.69, 9.17) is 9.15 Å². The molecule has 0 aliphatic heterocycles. The smallest absolute Gasteiger partial charge is 0.203 e. The van der Waals surface area contributed by atoms with Crippen LogP contribution in [0.4, 0.5) is 0 Å². The molecule has 0 bridgehead atoms. The van der Waals surface area contributed by atoms with E-state index in [9.17, 15) is 9.90 Å². The normalized spacial score (nSPS) is 12.8. The molecule has 0 saturated carbocycles. The molecule has 0 atom stereocenters. The summed E-state index contributed by atoms with van der Waals surface area (Å²) in [5.74, 6) is 0.505. The first kappa shape index (κ1) is 30.6. The summed E-state index contributed by atoms with van der Waals surface area (Å²) in [5.41, 5.74) is 2.35. The molecule has 0 aliphatic carbocycles. The van der Waals surface area contributed by atoms with Crippen LogP contribution in [-0.2, 0) is 0 Å². The standard InChI is InChI=1S/C29H37NO4.C2H6/c1-7-11-12-23(10-4)20-33-24-14-15-25-27(19-24)34-26(28(22(6)31)29(25)32)16-13-21(5)30(17-8-2)18-9-3;1-2/h7,10-12,14-16,19,31H,4-5,8-9,13,17-18,20H2,1-3,6H3;1-2H3/b11-7-,23-12+,26-16+,28-22-;. The van der Waals surface area contributed by atoms with Gasteiger partial charge in [-0.05, 0) is 50.5 Å². The molecular formula is C31H43NO4. The van der Waals surface area contributed by atoms with E-state index in [0.29, 0.717) is 35.2 Å². The number of allylic oxidation sites excluding steroid dienone is 4. The third-order valence-corrected chi connectivity index (χ3v) is 5.38. The van der Waals surface area contributed by atoms with Crippen molar-refractivity contribution >= 4 is 22.8 Å². The van der Waals surface area contributed by atoms with Gasteiger partial charge in [-0.25, -0.2) is 0 Å². The van der Waals surface area contributed by atoms with Crippen molar-refractivity contribution in [3.63, 3.8) is 0 Å². The summed E-state index contributed by atoms with van der Waals surface area (Å²) >= 11 is 0. The fourth-order valence-electron chi connectivity index (χ4n) is 3.64. The molecular weight excluding hydrogens is 450 g/mol. The Balaban J connectivity index is 0.00000316. The molecule has 0 saturated heterocycles. The molecule has 0 aliphatic rings. The minimum Gasteiger partial charge on any atom is -0.512 e. The van der Waals surface area contributed by atoms with Gasteiger partial charge in [0.1, 0.15) is 34.3 Å². The third kappa shape index (κ3) is 8.63. The van der Waals surface area contributed by atoms with Gasteiger partial charge in [0.15, 0.2) is 0 Å². The van der Waals surface area contributed by atoms with Crippen LogP contribution in [-0.4, -0.2) is 29.7 Å². The van der Waals surface area contributed by atoms with Crippen molar-refractivity contribution in [3.05, 3.63) is 87.8 Å². The summed E-state index contributed by atoms with van der Waals surface area (Å²) in [5, 5.41) is 10.8. The van der Waals surface area contributed by atoms with Gasteiger partial charge in [-0.1, -0.05) is 65.2 Å². The monoisotopic (exact) mass is 493 g/mol. The Morgan fingerprint density at radius 3 is 2.42 bits per heavy atom. The second-order valence-electron chi connectivity index (χ2n) is 8.14. The van der Waals surface area contributed by atoms with E-state index in [1.807, 2.05) is 45.1 Å². The van der Waals surface area contributed by atoms with Crippen molar-refractivity contribution in [1.82, 2.24) is 4.90 Å². The predicted molar refractivity (Wildman–Crippen MR) is 154 cm³/mol. The Kier molecular flexibility index (Phi) is 13.8. The first-order valence-corrected chi connectivity index (χ1v) is 12.8. The van der Waals surface area contributed by atoms with Crippen LogP contribution < -0.4 is 20.8 Å². The van der Waals surface area contributed by atoms with Crippen molar-refractivity contribution in [2.45, 2.75) is 60.8 Å². The Bertz CT molecular complexity index is 1240. The SMILES string of the molecule is C=C/C(=C\C=C/C)COc1ccc2c(=O)c(=C(/C)O)/c(=C\CC(=C)N(CCC)CCC)oc2c1.CC. The van der Waals surface area contributed by atoms with Gasteiger partial charge in [-0.3, -0.25) is 4.79 Å². The lowest BCUT2D eigenvalue weighted by molar-refractivity contribution is 0.341. The molecule has 5 heteroatoms. The highest BCUT2D eigenvalue weighted by atomic mass is 16.5. The zero-order valence-corrected chi connectivity index (χ0v) is 22.9. The lowest BCUT2D eigenvalue weighted by Gasteiger charge is -2.25. The number of aliphatic hydroxyl groups is 1. The van der Waals surface area contributed by atoms with E-state index in [2.05, 4.69) is 31.9 Å². The molecule has 2 rings (SSSR count). The molecule has 0 fully saturated rings. The van der Waals surface area contributed by atoms with Crippen LogP contribution in [0.15, 0.2) is 76.1 Å². The average molecular weight is 494 g/mol. The lowest BCUT2D eigenvalue weighted by atomic mass is 10.1. The van der Waals surface area contributed by atoms with E-state index >= 15 is 0 Å². The highest BCUT2D eigenvalue weighted by Gasteiger charge is 2.10. The molecule has 196 valence electrons. The maximum absolute atomic E-state index is 13.2. The van der Waals surface area contributed by atoms with Gasteiger partial charge in [0, 0.05) is 31.3 Å². The molecule has 0 amide bonds. The Morgan fingerprint density at radius 2 is 1.86 bits per heavy atom. The van der Waals surface area contributed by atoms with E-state index < -0.39 is 0 Å². The molecule has 0 unspecified atom stereocenters. The van der Waals surface area contributed by atoms with Crippen LogP contribution in [0.25, 0.3) is 22.8 Å². The highest BCUT2D eigenvalue weighted by molar-refractivity contribution is 5.78. The van der Waals surface area contributed by atoms with Crippen LogP contribution in [0.2, 0.25) is 0 Å². The second kappa shape index (κ2) is 16.2. The largest absolute Gasteiger partial charge is 0.512 e. The lowest BCUT2D eigenvalue weighted by Crippen LogP contribution is -2.40. The number of aliphatic hydroxyl groups excluding tert-OH is 1. The number of benzene rings is 1. The number of nitrogens with zero attached hydrogens (tertiary/aromatic N) is 1. The number of fused-ring (bicyclic) bond motifs is 1. The van der Waals surface area contributed by atoms with E-state index in [1.54, 1.807) is 24.3 Å². The van der Waals surface area contributed by atoms with Gasteiger partial charge >= 0.3 is 0 Å². The van der Waals surface area contributed by atoms with E-state index in [1.165, 1.54) is 6.92 Å². The number of rotatable bonds is 12. The fraction of sp³-hybridized carbons (Fsp3) is 0.387. The number of hydrogen-bond donors (Lipinski definition) is 1. The third-order valence-electron chi connectivity index (χ3n) is 5.38. The average Bonchev–Trinajstić information content (AvgIpc) is 2.88. The zero-order chi connectivity index (χ0) is 27.1. The van der Waals surface area contributed by atoms with Crippen LogP contribution >= 0.6 is 0 Å².